The van der Waals surface area contributed by atoms with Crippen LogP contribution in [0.2, 0.25) is 10.0 Å². The van der Waals surface area contributed by atoms with Crippen LogP contribution in [0, 0.1) is 0 Å². The van der Waals surface area contributed by atoms with E-state index in [1.807, 2.05) is 17.0 Å². The van der Waals surface area contributed by atoms with E-state index in [1.54, 1.807) is 13.2 Å². The Bertz CT molecular complexity index is 1120. The summed E-state index contributed by atoms with van der Waals surface area (Å²) >= 11 is 12.8. The number of piperazine rings is 1. The van der Waals surface area contributed by atoms with Crippen LogP contribution in [0.15, 0.2) is 48.0 Å². The lowest BCUT2D eigenvalue weighted by Gasteiger charge is -2.41. The Morgan fingerprint density at radius 3 is 2.64 bits per heavy atom. The van der Waals surface area contributed by atoms with Gasteiger partial charge in [0.1, 0.15) is 0 Å². The van der Waals surface area contributed by atoms with Crippen molar-refractivity contribution in [2.24, 2.45) is 0 Å². The Balaban J connectivity index is 1.44. The van der Waals surface area contributed by atoms with Crippen molar-refractivity contribution in [1.29, 1.82) is 0 Å². The molecule has 1 aliphatic carbocycles. The first-order valence-corrected chi connectivity index (χ1v) is 13.4. The monoisotopic (exact) mass is 529 g/mol. The number of hydrogen-bond acceptors (Lipinski definition) is 5. The summed E-state index contributed by atoms with van der Waals surface area (Å²) in [5, 5.41) is 8.23. The molecule has 2 atom stereocenters. The van der Waals surface area contributed by atoms with E-state index in [2.05, 4.69) is 34.9 Å². The predicted molar refractivity (Wildman–Crippen MR) is 143 cm³/mol. The summed E-state index contributed by atoms with van der Waals surface area (Å²) in [6, 6.07) is 14.6. The molecular weight excluding hydrogens is 497 g/mol. The first-order valence-electron chi connectivity index (χ1n) is 12.6. The number of nitrogens with zero attached hydrogens (tertiary/aromatic N) is 1. The van der Waals surface area contributed by atoms with Crippen LogP contribution < -0.4 is 10.6 Å². The SMILES string of the molecule is COCCOCc1ccc(C2=C(C(=O)N(Cc3cccc(Cl)c3Cl)C3CC3)C3CNCC(C2)N3)cc1. The van der Waals surface area contributed by atoms with Crippen LogP contribution in [0.3, 0.4) is 0 Å². The Morgan fingerprint density at radius 2 is 1.89 bits per heavy atom. The van der Waals surface area contributed by atoms with Gasteiger partial charge in [-0.2, -0.15) is 0 Å². The summed E-state index contributed by atoms with van der Waals surface area (Å²) in [4.78, 5) is 16.2. The fourth-order valence-electron chi connectivity index (χ4n) is 5.14. The molecule has 36 heavy (non-hydrogen) atoms. The minimum atomic E-state index is -0.0202. The van der Waals surface area contributed by atoms with Gasteiger partial charge >= 0.3 is 0 Å². The number of fused-ring (bicyclic) bond motifs is 2. The number of rotatable bonds is 10. The number of amides is 1. The van der Waals surface area contributed by atoms with Gasteiger partial charge in [0, 0.05) is 44.4 Å². The van der Waals surface area contributed by atoms with E-state index in [0.717, 1.165) is 60.2 Å². The average Bonchev–Trinajstić information content (AvgIpc) is 3.73. The van der Waals surface area contributed by atoms with Crippen molar-refractivity contribution in [3.8, 4) is 0 Å². The normalized spacial score (nSPS) is 21.5. The maximum Gasteiger partial charge on any atom is 0.252 e. The van der Waals surface area contributed by atoms with E-state index in [1.165, 1.54) is 0 Å². The highest BCUT2D eigenvalue weighted by Gasteiger charge is 2.41. The van der Waals surface area contributed by atoms with Gasteiger partial charge in [0.05, 0.1) is 35.9 Å². The molecule has 1 amide bonds. The molecular formula is C28H33Cl2N3O3. The average molecular weight is 530 g/mol. The number of ether oxygens (including phenoxy) is 2. The lowest BCUT2D eigenvalue weighted by Crippen LogP contribution is -2.60. The van der Waals surface area contributed by atoms with Crippen LogP contribution >= 0.6 is 23.2 Å². The van der Waals surface area contributed by atoms with Gasteiger partial charge in [-0.1, -0.05) is 59.6 Å². The largest absolute Gasteiger partial charge is 0.382 e. The van der Waals surface area contributed by atoms with Crippen LogP contribution in [0.5, 0.6) is 0 Å². The third-order valence-corrected chi connectivity index (χ3v) is 8.01. The summed E-state index contributed by atoms with van der Waals surface area (Å²) in [6.45, 7) is 3.79. The Kier molecular flexibility index (Phi) is 8.31. The van der Waals surface area contributed by atoms with E-state index in [4.69, 9.17) is 32.7 Å². The number of hydrogen-bond donors (Lipinski definition) is 2. The van der Waals surface area contributed by atoms with E-state index in [9.17, 15) is 4.79 Å². The van der Waals surface area contributed by atoms with E-state index in [0.29, 0.717) is 42.5 Å². The Morgan fingerprint density at radius 1 is 1.08 bits per heavy atom. The van der Waals surface area contributed by atoms with Gasteiger partial charge in [-0.3, -0.25) is 4.79 Å². The van der Waals surface area contributed by atoms with Crippen LogP contribution in [0.1, 0.15) is 36.0 Å². The van der Waals surface area contributed by atoms with Crippen LogP contribution in [-0.2, 0) is 27.4 Å². The highest BCUT2D eigenvalue weighted by atomic mass is 35.5. The topological polar surface area (TPSA) is 62.8 Å². The molecule has 8 heteroatoms. The highest BCUT2D eigenvalue weighted by Crippen LogP contribution is 2.37. The van der Waals surface area contributed by atoms with Crippen molar-refractivity contribution in [3.05, 3.63) is 74.8 Å². The molecule has 2 N–H and O–H groups in total. The number of carbonyl (C=O) groups excluding carboxylic acids is 1. The summed E-state index contributed by atoms with van der Waals surface area (Å²) in [6.07, 6.45) is 2.84. The molecule has 192 valence electrons. The summed E-state index contributed by atoms with van der Waals surface area (Å²) in [7, 11) is 1.67. The molecule has 2 bridgehead atoms. The number of benzene rings is 2. The molecule has 5 rings (SSSR count). The number of halogens is 2. The molecule has 6 nitrogen and oxygen atoms in total. The molecule has 1 saturated carbocycles. The predicted octanol–water partition coefficient (Wildman–Crippen LogP) is 4.43. The highest BCUT2D eigenvalue weighted by molar-refractivity contribution is 6.42. The first-order chi connectivity index (χ1) is 17.5. The van der Waals surface area contributed by atoms with Crippen molar-refractivity contribution < 1.29 is 14.3 Å². The number of carbonyl (C=O) groups is 1. The molecule has 0 aromatic heterocycles. The van der Waals surface area contributed by atoms with E-state index < -0.39 is 0 Å². The lowest BCUT2D eigenvalue weighted by molar-refractivity contribution is -0.128. The lowest BCUT2D eigenvalue weighted by atomic mass is 9.83. The molecule has 3 aliphatic rings. The van der Waals surface area contributed by atoms with Crippen LogP contribution in [0.25, 0.3) is 5.57 Å². The van der Waals surface area contributed by atoms with E-state index >= 15 is 0 Å². The van der Waals surface area contributed by atoms with Crippen molar-refractivity contribution in [2.75, 3.05) is 33.4 Å². The van der Waals surface area contributed by atoms with Crippen molar-refractivity contribution in [1.82, 2.24) is 15.5 Å². The molecule has 1 saturated heterocycles. The van der Waals surface area contributed by atoms with Gasteiger partial charge < -0.3 is 25.0 Å². The summed E-state index contributed by atoms with van der Waals surface area (Å²) in [5.41, 5.74) is 5.11. The van der Waals surface area contributed by atoms with E-state index in [-0.39, 0.29) is 18.0 Å². The minimum absolute atomic E-state index is 0.0202. The molecule has 0 spiro atoms. The zero-order valence-electron chi connectivity index (χ0n) is 20.6. The second-order valence-electron chi connectivity index (χ2n) is 9.79. The number of methoxy groups -OCH3 is 1. The third-order valence-electron chi connectivity index (χ3n) is 7.15. The quantitative estimate of drug-likeness (QED) is 0.445. The molecule has 2 fully saturated rings. The van der Waals surface area contributed by atoms with Crippen molar-refractivity contribution in [2.45, 2.75) is 50.5 Å². The van der Waals surface area contributed by atoms with Crippen molar-refractivity contribution in [3.63, 3.8) is 0 Å². The van der Waals surface area contributed by atoms with Gasteiger partial charge in [-0.15, -0.1) is 0 Å². The molecule has 0 radical (unpaired) electrons. The molecule has 2 aliphatic heterocycles. The Labute approximate surface area is 222 Å². The molecule has 2 aromatic rings. The zero-order chi connectivity index (χ0) is 25.1. The maximum atomic E-state index is 14.2. The smallest absolute Gasteiger partial charge is 0.252 e. The fourth-order valence-corrected chi connectivity index (χ4v) is 5.51. The second-order valence-corrected chi connectivity index (χ2v) is 10.6. The summed E-state index contributed by atoms with van der Waals surface area (Å²) in [5.74, 6) is 0.0927. The molecule has 2 aromatic carbocycles. The fraction of sp³-hybridized carbons (Fsp3) is 0.464. The number of nitrogens with one attached hydrogen (secondary N) is 2. The first kappa shape index (κ1) is 25.7. The van der Waals surface area contributed by atoms with Crippen molar-refractivity contribution >= 4 is 34.7 Å². The molecule has 2 unspecified atom stereocenters. The summed E-state index contributed by atoms with van der Waals surface area (Å²) < 4.78 is 10.7. The van der Waals surface area contributed by atoms with Gasteiger partial charge in [0.2, 0.25) is 0 Å². The van der Waals surface area contributed by atoms with Crippen LogP contribution in [0.4, 0.5) is 0 Å². The second kappa shape index (κ2) is 11.6. The van der Waals surface area contributed by atoms with Gasteiger partial charge in [-0.05, 0) is 47.6 Å². The Hall–Kier alpha value is -1.93. The van der Waals surface area contributed by atoms with Gasteiger partial charge in [0.25, 0.3) is 5.91 Å². The molecule has 2 heterocycles. The maximum absolute atomic E-state index is 14.2. The minimum Gasteiger partial charge on any atom is -0.382 e. The zero-order valence-corrected chi connectivity index (χ0v) is 22.1. The van der Waals surface area contributed by atoms with Gasteiger partial charge in [0.15, 0.2) is 0 Å². The third kappa shape index (κ3) is 5.80. The standard InChI is InChI=1S/C28H33Cl2N3O3/c1-35-11-12-36-17-18-5-7-19(8-6-18)23-13-21-14-31-15-25(32-21)26(23)28(34)33(22-9-10-22)16-20-3-2-4-24(29)27(20)30/h2-8,21-22,25,31-32H,9-17H2,1H3. The van der Waals surface area contributed by atoms with Gasteiger partial charge in [-0.25, -0.2) is 0 Å². The van der Waals surface area contributed by atoms with Crippen LogP contribution in [-0.4, -0.2) is 62.3 Å².